The van der Waals surface area contributed by atoms with Gasteiger partial charge in [0.05, 0.1) is 0 Å². The summed E-state index contributed by atoms with van der Waals surface area (Å²) in [6.07, 6.45) is 2.13. The molecule has 0 saturated carbocycles. The number of nitrogens with one attached hydrogen (secondary N) is 1. The Bertz CT molecular complexity index is 238. The van der Waals surface area contributed by atoms with Gasteiger partial charge in [0, 0.05) is 24.0 Å². The highest BCUT2D eigenvalue weighted by Crippen LogP contribution is 2.17. The van der Waals surface area contributed by atoms with E-state index in [1.54, 1.807) is 0 Å². The fourth-order valence-electron chi connectivity index (χ4n) is 1.39. The van der Waals surface area contributed by atoms with E-state index >= 15 is 0 Å². The van der Waals surface area contributed by atoms with Gasteiger partial charge in [-0.3, -0.25) is 0 Å². The number of nitrogens with zero attached hydrogens (tertiary/aromatic N) is 1. The molecule has 68 valence electrons. The summed E-state index contributed by atoms with van der Waals surface area (Å²) in [5.41, 5.74) is 1.35. The third-order valence-electron chi connectivity index (χ3n) is 2.24. The van der Waals surface area contributed by atoms with Crippen LogP contribution in [0.1, 0.15) is 38.5 Å². The van der Waals surface area contributed by atoms with E-state index < -0.39 is 0 Å². The molecule has 2 heteroatoms. The van der Waals surface area contributed by atoms with Gasteiger partial charge in [-0.25, -0.2) is 0 Å². The first-order valence-electron chi connectivity index (χ1n) is 4.50. The van der Waals surface area contributed by atoms with Gasteiger partial charge in [0.25, 0.3) is 0 Å². The van der Waals surface area contributed by atoms with Gasteiger partial charge in [-0.1, -0.05) is 0 Å². The number of hydrogen-bond acceptors (Lipinski definition) is 1. The first-order chi connectivity index (χ1) is 5.66. The normalized spacial score (nSPS) is 13.8. The lowest BCUT2D eigenvalue weighted by molar-refractivity contribution is 0.524. The molecule has 12 heavy (non-hydrogen) atoms. The van der Waals surface area contributed by atoms with Crippen LogP contribution in [0.25, 0.3) is 0 Å². The van der Waals surface area contributed by atoms with E-state index in [2.05, 4.69) is 49.0 Å². The predicted molar refractivity (Wildman–Crippen MR) is 52.3 cm³/mol. The van der Waals surface area contributed by atoms with Crippen LogP contribution in [0, 0.1) is 0 Å². The van der Waals surface area contributed by atoms with Gasteiger partial charge < -0.3 is 9.88 Å². The minimum Gasteiger partial charge on any atom is -0.348 e. The molecule has 1 aromatic rings. The van der Waals surface area contributed by atoms with Crippen LogP contribution in [0.15, 0.2) is 18.3 Å². The highest BCUT2D eigenvalue weighted by atomic mass is 15.0. The molecule has 1 heterocycles. The number of rotatable bonds is 3. The Morgan fingerprint density at radius 2 is 2.00 bits per heavy atom. The van der Waals surface area contributed by atoms with E-state index in [0.717, 1.165) is 0 Å². The summed E-state index contributed by atoms with van der Waals surface area (Å²) >= 11 is 0. The topological polar surface area (TPSA) is 17.0 Å². The van der Waals surface area contributed by atoms with Crippen LogP contribution in [0.5, 0.6) is 0 Å². The average molecular weight is 166 g/mol. The maximum absolute atomic E-state index is 3.24. The van der Waals surface area contributed by atoms with Crippen LogP contribution in [0.2, 0.25) is 0 Å². The van der Waals surface area contributed by atoms with Crippen molar-refractivity contribution in [2.24, 2.45) is 0 Å². The summed E-state index contributed by atoms with van der Waals surface area (Å²) in [6.45, 7) is 6.58. The van der Waals surface area contributed by atoms with Crippen LogP contribution in [-0.2, 0) is 0 Å². The van der Waals surface area contributed by atoms with Crippen LogP contribution < -0.4 is 5.32 Å². The summed E-state index contributed by atoms with van der Waals surface area (Å²) in [5.74, 6) is 0. The zero-order valence-corrected chi connectivity index (χ0v) is 8.33. The molecule has 0 fully saturated rings. The third-order valence-corrected chi connectivity index (χ3v) is 2.24. The van der Waals surface area contributed by atoms with Gasteiger partial charge in [0.15, 0.2) is 0 Å². The molecule has 0 spiro atoms. The van der Waals surface area contributed by atoms with E-state index in [9.17, 15) is 0 Å². The molecule has 1 rings (SSSR count). The molecule has 0 bridgehead atoms. The van der Waals surface area contributed by atoms with Gasteiger partial charge in [-0.15, -0.1) is 0 Å². The average Bonchev–Trinajstić information content (AvgIpc) is 2.50. The Balaban J connectivity index is 2.91. The Morgan fingerprint density at radius 1 is 1.33 bits per heavy atom. The highest BCUT2D eigenvalue weighted by molar-refractivity contribution is 5.12. The van der Waals surface area contributed by atoms with Gasteiger partial charge in [-0.2, -0.15) is 0 Å². The van der Waals surface area contributed by atoms with Gasteiger partial charge in [0.2, 0.25) is 0 Å². The molecule has 0 aliphatic rings. The standard InChI is InChI=1S/C10H18N2/c1-8(2)12-7-5-6-10(12)9(3)11-4/h5-9,11H,1-4H3/t9-/m1/s1. The summed E-state index contributed by atoms with van der Waals surface area (Å²) in [5, 5.41) is 3.24. The summed E-state index contributed by atoms with van der Waals surface area (Å²) in [6, 6.07) is 5.25. The quantitative estimate of drug-likeness (QED) is 0.729. The maximum Gasteiger partial charge on any atom is 0.0443 e. The lowest BCUT2D eigenvalue weighted by Crippen LogP contribution is -2.17. The monoisotopic (exact) mass is 166 g/mol. The highest BCUT2D eigenvalue weighted by Gasteiger charge is 2.08. The van der Waals surface area contributed by atoms with Gasteiger partial charge in [-0.05, 0) is 40.0 Å². The minimum absolute atomic E-state index is 0.433. The van der Waals surface area contributed by atoms with Gasteiger partial charge >= 0.3 is 0 Å². The molecular weight excluding hydrogens is 148 g/mol. The smallest absolute Gasteiger partial charge is 0.0443 e. The lowest BCUT2D eigenvalue weighted by atomic mass is 10.2. The second-order valence-corrected chi connectivity index (χ2v) is 3.44. The molecule has 2 nitrogen and oxygen atoms in total. The van der Waals surface area contributed by atoms with Crippen LogP contribution in [0.3, 0.4) is 0 Å². The second-order valence-electron chi connectivity index (χ2n) is 3.44. The van der Waals surface area contributed by atoms with Crippen molar-refractivity contribution in [2.75, 3.05) is 7.05 Å². The molecule has 0 saturated heterocycles. The van der Waals surface area contributed by atoms with Crippen LogP contribution in [-0.4, -0.2) is 11.6 Å². The van der Waals surface area contributed by atoms with Gasteiger partial charge in [0.1, 0.15) is 0 Å². The lowest BCUT2D eigenvalue weighted by Gasteiger charge is -2.17. The van der Waals surface area contributed by atoms with E-state index in [1.807, 2.05) is 7.05 Å². The molecule has 1 atom stereocenters. The maximum atomic E-state index is 3.24. The Morgan fingerprint density at radius 3 is 2.50 bits per heavy atom. The largest absolute Gasteiger partial charge is 0.348 e. The van der Waals surface area contributed by atoms with Crippen molar-refractivity contribution in [3.8, 4) is 0 Å². The van der Waals surface area contributed by atoms with E-state index in [0.29, 0.717) is 12.1 Å². The number of hydrogen-bond donors (Lipinski definition) is 1. The summed E-state index contributed by atoms with van der Waals surface area (Å²) < 4.78 is 2.29. The molecule has 0 aliphatic carbocycles. The predicted octanol–water partition coefficient (Wildman–Crippen LogP) is 2.35. The Hall–Kier alpha value is -0.760. The molecule has 0 radical (unpaired) electrons. The fraction of sp³-hybridized carbons (Fsp3) is 0.600. The SMILES string of the molecule is CN[C@H](C)c1cccn1C(C)C. The van der Waals surface area contributed by atoms with Crippen molar-refractivity contribution in [3.05, 3.63) is 24.0 Å². The van der Waals surface area contributed by atoms with Crippen molar-refractivity contribution in [2.45, 2.75) is 32.9 Å². The Kier molecular flexibility index (Phi) is 2.93. The van der Waals surface area contributed by atoms with Crippen molar-refractivity contribution in [1.29, 1.82) is 0 Å². The molecule has 1 N–H and O–H groups in total. The summed E-state index contributed by atoms with van der Waals surface area (Å²) in [4.78, 5) is 0. The second kappa shape index (κ2) is 3.76. The zero-order valence-electron chi connectivity index (χ0n) is 8.33. The first kappa shape index (κ1) is 9.33. The first-order valence-corrected chi connectivity index (χ1v) is 4.50. The van der Waals surface area contributed by atoms with E-state index in [1.165, 1.54) is 5.69 Å². The molecular formula is C10H18N2. The van der Waals surface area contributed by atoms with Crippen molar-refractivity contribution in [1.82, 2.24) is 9.88 Å². The van der Waals surface area contributed by atoms with Crippen molar-refractivity contribution >= 4 is 0 Å². The minimum atomic E-state index is 0.433. The molecule has 0 aromatic carbocycles. The molecule has 0 aliphatic heterocycles. The van der Waals surface area contributed by atoms with Crippen molar-refractivity contribution < 1.29 is 0 Å². The van der Waals surface area contributed by atoms with E-state index in [-0.39, 0.29) is 0 Å². The van der Waals surface area contributed by atoms with Crippen LogP contribution >= 0.6 is 0 Å². The van der Waals surface area contributed by atoms with Crippen molar-refractivity contribution in [3.63, 3.8) is 0 Å². The third kappa shape index (κ3) is 1.69. The van der Waals surface area contributed by atoms with E-state index in [4.69, 9.17) is 0 Å². The molecule has 0 amide bonds. The Labute approximate surface area is 74.6 Å². The zero-order chi connectivity index (χ0) is 9.14. The molecule has 1 aromatic heterocycles. The number of aromatic nitrogens is 1. The summed E-state index contributed by atoms with van der Waals surface area (Å²) in [7, 11) is 1.99. The fourth-order valence-corrected chi connectivity index (χ4v) is 1.39. The molecule has 0 unspecified atom stereocenters. The van der Waals surface area contributed by atoms with Crippen LogP contribution in [0.4, 0.5) is 0 Å².